The van der Waals surface area contributed by atoms with E-state index in [1.54, 1.807) is 0 Å². The van der Waals surface area contributed by atoms with Gasteiger partial charge in [-0.2, -0.15) is 0 Å². The standard InChI is InChI=1S/C39H55F2N5O3/c1-9-10-15-32-44-34-28-17-16-27(19-31(28)43-37(42)35(34)45-32)14-12-11-13-18-46(8)22-39(6,7)24-48-23-38(4,5)21-33(47)49-36-25(2)29(40)20-30(41)26(36)3/h16-17,19-20H,9-15,18,21-24H2,1-8H3,(H2,42,43)(H,44,45). The molecule has 4 aromatic rings. The number of aromatic amines is 1. The molecule has 3 N–H and O–H groups in total. The Balaban J connectivity index is 1.17. The van der Waals surface area contributed by atoms with Gasteiger partial charge in [-0.1, -0.05) is 59.6 Å². The van der Waals surface area contributed by atoms with Crippen LogP contribution in [0.2, 0.25) is 0 Å². The monoisotopic (exact) mass is 679 g/mol. The van der Waals surface area contributed by atoms with Crippen LogP contribution in [0.15, 0.2) is 24.3 Å². The molecule has 2 aromatic heterocycles. The maximum atomic E-state index is 14.0. The predicted octanol–water partition coefficient (Wildman–Crippen LogP) is 8.64. The predicted molar refractivity (Wildman–Crippen MR) is 194 cm³/mol. The summed E-state index contributed by atoms with van der Waals surface area (Å²) in [6.45, 7) is 16.1. The number of fused-ring (bicyclic) bond motifs is 3. The number of H-pyrrole nitrogens is 1. The largest absolute Gasteiger partial charge is 0.426 e. The van der Waals surface area contributed by atoms with Gasteiger partial charge in [0.15, 0.2) is 0 Å². The Labute approximate surface area is 290 Å². The first-order valence-corrected chi connectivity index (χ1v) is 17.6. The van der Waals surface area contributed by atoms with Gasteiger partial charge in [0, 0.05) is 41.0 Å². The molecular formula is C39H55F2N5O3. The zero-order valence-electron chi connectivity index (χ0n) is 30.7. The zero-order chi connectivity index (χ0) is 35.9. The van der Waals surface area contributed by atoms with Gasteiger partial charge in [0.1, 0.15) is 40.1 Å². The van der Waals surface area contributed by atoms with Crippen molar-refractivity contribution in [3.8, 4) is 5.75 Å². The first-order valence-electron chi connectivity index (χ1n) is 17.6. The summed E-state index contributed by atoms with van der Waals surface area (Å²) in [5, 5.41) is 1.04. The third-order valence-corrected chi connectivity index (χ3v) is 9.01. The first kappa shape index (κ1) is 38.2. The van der Waals surface area contributed by atoms with E-state index in [1.165, 1.54) is 19.4 Å². The molecule has 0 saturated carbocycles. The minimum absolute atomic E-state index is 0.0489. The lowest BCUT2D eigenvalue weighted by atomic mass is 9.90. The van der Waals surface area contributed by atoms with Crippen LogP contribution in [0, 0.1) is 36.3 Å². The Morgan fingerprint density at radius 1 is 0.939 bits per heavy atom. The van der Waals surface area contributed by atoms with Crippen LogP contribution in [0.1, 0.15) is 95.7 Å². The highest BCUT2D eigenvalue weighted by Crippen LogP contribution is 2.31. The number of benzene rings is 2. The molecule has 268 valence electrons. The Bertz CT molecular complexity index is 1720. The van der Waals surface area contributed by atoms with E-state index in [1.807, 2.05) is 13.8 Å². The van der Waals surface area contributed by atoms with Gasteiger partial charge in [0.05, 0.1) is 25.2 Å². The van der Waals surface area contributed by atoms with Crippen molar-refractivity contribution in [1.29, 1.82) is 0 Å². The number of nitrogens with two attached hydrogens (primary N) is 1. The van der Waals surface area contributed by atoms with E-state index in [0.717, 1.165) is 91.9 Å². The molecule has 0 atom stereocenters. The van der Waals surface area contributed by atoms with Crippen molar-refractivity contribution in [1.82, 2.24) is 19.9 Å². The van der Waals surface area contributed by atoms with E-state index < -0.39 is 23.0 Å². The average molecular weight is 680 g/mol. The number of pyridine rings is 1. The third kappa shape index (κ3) is 10.4. The Kier molecular flexibility index (Phi) is 12.8. The summed E-state index contributed by atoms with van der Waals surface area (Å²) in [5.41, 5.74) is 9.84. The second-order valence-corrected chi connectivity index (χ2v) is 15.3. The molecule has 0 bridgehead atoms. The number of nitrogens with one attached hydrogen (secondary N) is 1. The van der Waals surface area contributed by atoms with E-state index in [-0.39, 0.29) is 28.7 Å². The molecule has 0 saturated heterocycles. The van der Waals surface area contributed by atoms with Gasteiger partial charge in [0.2, 0.25) is 0 Å². The Hall–Kier alpha value is -3.63. The second kappa shape index (κ2) is 16.4. The van der Waals surface area contributed by atoms with Crippen molar-refractivity contribution >= 4 is 33.7 Å². The van der Waals surface area contributed by atoms with Crippen LogP contribution < -0.4 is 10.5 Å². The smallest absolute Gasteiger partial charge is 0.311 e. The molecule has 0 spiro atoms. The van der Waals surface area contributed by atoms with Crippen molar-refractivity contribution in [2.45, 2.75) is 99.8 Å². The van der Waals surface area contributed by atoms with Crippen LogP contribution in [-0.4, -0.2) is 59.2 Å². The average Bonchev–Trinajstić information content (AvgIpc) is 3.45. The number of unbranched alkanes of at least 4 members (excludes halogenated alkanes) is 3. The van der Waals surface area contributed by atoms with Crippen LogP contribution in [0.4, 0.5) is 14.6 Å². The SMILES string of the molecule is CCCCc1nc2c([nH]1)c(N)nc1cc(CCCCCN(C)CC(C)(C)COCC(C)(C)CC(=O)Oc3c(C)c(F)cc(F)c3C)ccc12. The summed E-state index contributed by atoms with van der Waals surface area (Å²) in [6.07, 6.45) is 7.49. The maximum absolute atomic E-state index is 14.0. The number of imidazole rings is 1. The summed E-state index contributed by atoms with van der Waals surface area (Å²) in [6, 6.07) is 7.28. The molecule has 0 aliphatic carbocycles. The number of halogens is 2. The van der Waals surface area contributed by atoms with Crippen LogP contribution in [0.25, 0.3) is 21.9 Å². The number of nitrogen functional groups attached to an aromatic ring is 1. The number of hydrogen-bond acceptors (Lipinski definition) is 7. The van der Waals surface area contributed by atoms with Crippen molar-refractivity contribution in [2.75, 3.05) is 39.1 Å². The van der Waals surface area contributed by atoms with E-state index in [9.17, 15) is 13.6 Å². The van der Waals surface area contributed by atoms with E-state index in [0.29, 0.717) is 19.0 Å². The number of carbonyl (C=O) groups is 1. The lowest BCUT2D eigenvalue weighted by Gasteiger charge is -2.32. The molecule has 10 heteroatoms. The molecule has 49 heavy (non-hydrogen) atoms. The fourth-order valence-electron chi connectivity index (χ4n) is 6.39. The van der Waals surface area contributed by atoms with Crippen molar-refractivity contribution < 1.29 is 23.0 Å². The van der Waals surface area contributed by atoms with Crippen LogP contribution in [-0.2, 0) is 22.4 Å². The summed E-state index contributed by atoms with van der Waals surface area (Å²) >= 11 is 0. The summed E-state index contributed by atoms with van der Waals surface area (Å²) in [4.78, 5) is 27.9. The normalized spacial score (nSPS) is 12.5. The number of aromatic nitrogens is 3. The number of rotatable bonds is 18. The highest BCUT2D eigenvalue weighted by Gasteiger charge is 2.28. The van der Waals surface area contributed by atoms with Crippen LogP contribution in [0.5, 0.6) is 5.75 Å². The topological polar surface area (TPSA) is 106 Å². The van der Waals surface area contributed by atoms with Gasteiger partial charge in [-0.3, -0.25) is 4.79 Å². The molecule has 2 aromatic carbocycles. The maximum Gasteiger partial charge on any atom is 0.311 e. The molecule has 0 aliphatic rings. The minimum Gasteiger partial charge on any atom is -0.426 e. The zero-order valence-corrected chi connectivity index (χ0v) is 30.7. The molecule has 0 unspecified atom stereocenters. The third-order valence-electron chi connectivity index (χ3n) is 9.01. The fraction of sp³-hybridized carbons (Fsp3) is 0.564. The lowest BCUT2D eigenvalue weighted by Crippen LogP contribution is -2.36. The number of ether oxygens (including phenoxy) is 2. The second-order valence-electron chi connectivity index (χ2n) is 15.3. The molecule has 2 heterocycles. The molecular weight excluding hydrogens is 624 g/mol. The van der Waals surface area contributed by atoms with E-state index in [4.69, 9.17) is 20.2 Å². The number of aryl methyl sites for hydroxylation is 2. The molecule has 0 fully saturated rings. The van der Waals surface area contributed by atoms with E-state index in [2.05, 4.69) is 60.9 Å². The van der Waals surface area contributed by atoms with Gasteiger partial charge in [0.25, 0.3) is 0 Å². The highest BCUT2D eigenvalue weighted by atomic mass is 19.1. The number of hydrogen-bond donors (Lipinski definition) is 2. The molecule has 0 aliphatic heterocycles. The van der Waals surface area contributed by atoms with Gasteiger partial charge < -0.3 is 25.1 Å². The fourth-order valence-corrected chi connectivity index (χ4v) is 6.39. The lowest BCUT2D eigenvalue weighted by molar-refractivity contribution is -0.137. The number of carbonyl (C=O) groups excluding carboxylic acids is 1. The first-order chi connectivity index (χ1) is 23.1. The number of esters is 1. The van der Waals surface area contributed by atoms with Gasteiger partial charge >= 0.3 is 5.97 Å². The Morgan fingerprint density at radius 2 is 1.63 bits per heavy atom. The molecule has 4 rings (SSSR count). The summed E-state index contributed by atoms with van der Waals surface area (Å²) in [5.74, 6) is -0.598. The summed E-state index contributed by atoms with van der Waals surface area (Å²) in [7, 11) is 2.14. The van der Waals surface area contributed by atoms with Gasteiger partial charge in [-0.25, -0.2) is 18.7 Å². The molecule has 8 nitrogen and oxygen atoms in total. The quantitative estimate of drug-likeness (QED) is 0.0616. The van der Waals surface area contributed by atoms with Crippen molar-refractivity contribution in [2.24, 2.45) is 10.8 Å². The highest BCUT2D eigenvalue weighted by molar-refractivity contribution is 6.06. The summed E-state index contributed by atoms with van der Waals surface area (Å²) < 4.78 is 39.5. The minimum atomic E-state index is -0.738. The van der Waals surface area contributed by atoms with Crippen LogP contribution in [0.3, 0.4) is 0 Å². The van der Waals surface area contributed by atoms with Gasteiger partial charge in [-0.05, 0) is 70.2 Å². The van der Waals surface area contributed by atoms with Crippen LogP contribution >= 0.6 is 0 Å². The van der Waals surface area contributed by atoms with Crippen molar-refractivity contribution in [3.05, 3.63) is 58.4 Å². The van der Waals surface area contributed by atoms with Gasteiger partial charge in [-0.15, -0.1) is 0 Å². The number of nitrogens with zero attached hydrogens (tertiary/aromatic N) is 3. The van der Waals surface area contributed by atoms with E-state index >= 15 is 0 Å². The Morgan fingerprint density at radius 3 is 2.33 bits per heavy atom. The molecule has 0 radical (unpaired) electrons. The van der Waals surface area contributed by atoms with Crippen molar-refractivity contribution in [3.63, 3.8) is 0 Å². The molecule has 0 amide bonds. The number of anilines is 1.